The van der Waals surface area contributed by atoms with Crippen molar-refractivity contribution in [1.82, 2.24) is 0 Å². The zero-order valence-corrected chi connectivity index (χ0v) is 16.8. The first-order valence-electron chi connectivity index (χ1n) is 8.70. The Labute approximate surface area is 152 Å². The van der Waals surface area contributed by atoms with Gasteiger partial charge in [0.05, 0.1) is 25.6 Å². The fourth-order valence-corrected chi connectivity index (χ4v) is 2.67. The Morgan fingerprint density at radius 3 is 1.28 bits per heavy atom. The molecule has 3 heteroatoms. The van der Waals surface area contributed by atoms with Gasteiger partial charge in [0.1, 0.15) is 11.5 Å². The summed E-state index contributed by atoms with van der Waals surface area (Å²) in [7, 11) is 3.40. The average molecular weight is 341 g/mol. The van der Waals surface area contributed by atoms with E-state index in [9.17, 15) is 0 Å². The first kappa shape index (κ1) is 19.2. The molecule has 0 radical (unpaired) electrons. The highest BCUT2D eigenvalue weighted by molar-refractivity contribution is 5.71. The third kappa shape index (κ3) is 4.47. The molecule has 0 aliphatic carbocycles. The summed E-state index contributed by atoms with van der Waals surface area (Å²) in [6, 6.07) is 12.6. The summed E-state index contributed by atoms with van der Waals surface area (Å²) in [6.07, 6.45) is 0. The van der Waals surface area contributed by atoms with E-state index in [1.54, 1.807) is 14.2 Å². The maximum absolute atomic E-state index is 5.60. The van der Waals surface area contributed by atoms with Crippen molar-refractivity contribution >= 4 is 11.4 Å². The second-order valence-electron chi connectivity index (χ2n) is 8.46. The molecule has 0 saturated carbocycles. The van der Waals surface area contributed by atoms with Gasteiger partial charge in [0.25, 0.3) is 0 Å². The summed E-state index contributed by atoms with van der Waals surface area (Å²) in [6.45, 7) is 13.2. The van der Waals surface area contributed by atoms with Crippen LogP contribution in [0.15, 0.2) is 36.4 Å². The highest BCUT2D eigenvalue weighted by Crippen LogP contribution is 2.37. The predicted octanol–water partition coefficient (Wildman–Crippen LogP) is 6.04. The van der Waals surface area contributed by atoms with Gasteiger partial charge < -0.3 is 14.8 Å². The zero-order valence-electron chi connectivity index (χ0n) is 16.8. The fraction of sp³-hybridized carbons (Fsp3) is 0.455. The third-order valence-corrected chi connectivity index (χ3v) is 4.40. The standard InChI is InChI=1S/C22H31NO2/c1-21(2,3)15-9-11-17(19(13-15)24-7)23-18-12-10-16(22(4,5)6)14-20(18)25-8/h9-14,23H,1-8H3. The Bertz CT molecular complexity index is 673. The largest absolute Gasteiger partial charge is 0.495 e. The van der Waals surface area contributed by atoms with Crippen LogP contribution in [-0.4, -0.2) is 14.2 Å². The van der Waals surface area contributed by atoms with E-state index in [4.69, 9.17) is 9.47 Å². The number of anilines is 2. The zero-order chi connectivity index (χ0) is 18.8. The number of ether oxygens (including phenoxy) is 2. The van der Waals surface area contributed by atoms with Crippen LogP contribution in [0.1, 0.15) is 52.7 Å². The molecular weight excluding hydrogens is 310 g/mol. The number of benzene rings is 2. The van der Waals surface area contributed by atoms with Gasteiger partial charge >= 0.3 is 0 Å². The molecule has 0 unspecified atom stereocenters. The first-order valence-corrected chi connectivity index (χ1v) is 8.70. The SMILES string of the molecule is COc1cc(C(C)(C)C)ccc1Nc1ccc(C(C)(C)C)cc1OC. The molecule has 3 nitrogen and oxygen atoms in total. The smallest absolute Gasteiger partial charge is 0.142 e. The lowest BCUT2D eigenvalue weighted by atomic mass is 9.86. The molecule has 2 aromatic rings. The molecule has 0 bridgehead atoms. The highest BCUT2D eigenvalue weighted by Gasteiger charge is 2.18. The van der Waals surface area contributed by atoms with E-state index >= 15 is 0 Å². The van der Waals surface area contributed by atoms with Crippen LogP contribution in [0.25, 0.3) is 0 Å². The van der Waals surface area contributed by atoms with E-state index in [2.05, 4.69) is 83.3 Å². The van der Waals surface area contributed by atoms with Gasteiger partial charge in [-0.25, -0.2) is 0 Å². The summed E-state index contributed by atoms with van der Waals surface area (Å²) >= 11 is 0. The maximum atomic E-state index is 5.60. The molecule has 0 aliphatic rings. The van der Waals surface area contributed by atoms with Crippen LogP contribution in [0.4, 0.5) is 11.4 Å². The summed E-state index contributed by atoms with van der Waals surface area (Å²) in [5, 5.41) is 3.45. The Morgan fingerprint density at radius 2 is 1.00 bits per heavy atom. The van der Waals surface area contributed by atoms with Crippen LogP contribution in [0.3, 0.4) is 0 Å². The Hall–Kier alpha value is -2.16. The molecule has 0 aromatic heterocycles. The van der Waals surface area contributed by atoms with Crippen molar-refractivity contribution in [2.75, 3.05) is 19.5 Å². The number of methoxy groups -OCH3 is 2. The van der Waals surface area contributed by atoms with E-state index in [0.29, 0.717) is 0 Å². The molecule has 0 saturated heterocycles. The van der Waals surface area contributed by atoms with Crippen molar-refractivity contribution < 1.29 is 9.47 Å². The summed E-state index contributed by atoms with van der Waals surface area (Å²) in [5.74, 6) is 1.66. The first-order chi connectivity index (χ1) is 11.6. The lowest BCUT2D eigenvalue weighted by Crippen LogP contribution is -2.12. The van der Waals surface area contributed by atoms with Gasteiger partial charge in [-0.2, -0.15) is 0 Å². The molecule has 25 heavy (non-hydrogen) atoms. The fourth-order valence-electron chi connectivity index (χ4n) is 2.67. The van der Waals surface area contributed by atoms with Crippen LogP contribution in [0.2, 0.25) is 0 Å². The second-order valence-corrected chi connectivity index (χ2v) is 8.46. The van der Waals surface area contributed by atoms with Crippen LogP contribution in [0.5, 0.6) is 11.5 Å². The molecule has 2 rings (SSSR count). The summed E-state index contributed by atoms with van der Waals surface area (Å²) in [5.41, 5.74) is 4.50. The lowest BCUT2D eigenvalue weighted by Gasteiger charge is -2.23. The van der Waals surface area contributed by atoms with E-state index in [1.165, 1.54) is 11.1 Å². The Balaban J connectivity index is 2.39. The van der Waals surface area contributed by atoms with Crippen LogP contribution in [0, 0.1) is 0 Å². The van der Waals surface area contributed by atoms with Crippen molar-refractivity contribution in [3.05, 3.63) is 47.5 Å². The van der Waals surface area contributed by atoms with Gasteiger partial charge in [0.2, 0.25) is 0 Å². The van der Waals surface area contributed by atoms with Crippen molar-refractivity contribution in [2.24, 2.45) is 0 Å². The van der Waals surface area contributed by atoms with Crippen molar-refractivity contribution in [1.29, 1.82) is 0 Å². The van der Waals surface area contributed by atoms with Crippen LogP contribution >= 0.6 is 0 Å². The molecule has 0 fully saturated rings. The maximum Gasteiger partial charge on any atom is 0.142 e. The number of hydrogen-bond acceptors (Lipinski definition) is 3. The van der Waals surface area contributed by atoms with Crippen LogP contribution in [-0.2, 0) is 10.8 Å². The molecule has 1 N–H and O–H groups in total. The molecule has 0 spiro atoms. The summed E-state index contributed by atoms with van der Waals surface area (Å²) in [4.78, 5) is 0. The molecule has 0 heterocycles. The lowest BCUT2D eigenvalue weighted by molar-refractivity contribution is 0.412. The van der Waals surface area contributed by atoms with E-state index in [-0.39, 0.29) is 10.8 Å². The average Bonchev–Trinajstić information content (AvgIpc) is 2.53. The number of nitrogens with one attached hydrogen (secondary N) is 1. The van der Waals surface area contributed by atoms with E-state index < -0.39 is 0 Å². The van der Waals surface area contributed by atoms with Crippen molar-refractivity contribution in [3.8, 4) is 11.5 Å². The number of hydrogen-bond donors (Lipinski definition) is 1. The molecule has 2 aromatic carbocycles. The van der Waals surface area contributed by atoms with Gasteiger partial charge in [-0.1, -0.05) is 53.7 Å². The molecule has 0 atom stereocenters. The monoisotopic (exact) mass is 341 g/mol. The van der Waals surface area contributed by atoms with Crippen LogP contribution < -0.4 is 14.8 Å². The van der Waals surface area contributed by atoms with Crippen molar-refractivity contribution in [2.45, 2.75) is 52.4 Å². The van der Waals surface area contributed by atoms with Gasteiger partial charge in [-0.05, 0) is 46.2 Å². The molecule has 136 valence electrons. The molecule has 0 aliphatic heterocycles. The Kier molecular flexibility index (Phi) is 5.36. The van der Waals surface area contributed by atoms with Crippen molar-refractivity contribution in [3.63, 3.8) is 0 Å². The van der Waals surface area contributed by atoms with Gasteiger partial charge in [-0.3, -0.25) is 0 Å². The van der Waals surface area contributed by atoms with E-state index in [0.717, 1.165) is 22.9 Å². The predicted molar refractivity (Wildman–Crippen MR) is 107 cm³/mol. The van der Waals surface area contributed by atoms with Gasteiger partial charge in [-0.15, -0.1) is 0 Å². The highest BCUT2D eigenvalue weighted by atomic mass is 16.5. The Morgan fingerprint density at radius 1 is 0.640 bits per heavy atom. The quantitative estimate of drug-likeness (QED) is 0.735. The molecular formula is C22H31NO2. The minimum absolute atomic E-state index is 0.0812. The topological polar surface area (TPSA) is 30.5 Å². The number of rotatable bonds is 4. The van der Waals surface area contributed by atoms with Gasteiger partial charge in [0, 0.05) is 0 Å². The van der Waals surface area contributed by atoms with E-state index in [1.807, 2.05) is 0 Å². The van der Waals surface area contributed by atoms with Gasteiger partial charge in [0.15, 0.2) is 0 Å². The minimum atomic E-state index is 0.0812. The molecule has 0 amide bonds. The normalized spacial score (nSPS) is 12.0. The second kappa shape index (κ2) is 6.99. The summed E-state index contributed by atoms with van der Waals surface area (Å²) < 4.78 is 11.2. The third-order valence-electron chi connectivity index (χ3n) is 4.40. The minimum Gasteiger partial charge on any atom is -0.495 e.